The molecular weight excluding hydrogens is 985 g/mol. The summed E-state index contributed by atoms with van der Waals surface area (Å²) in [6.07, 6.45) is 84.4. The van der Waals surface area contributed by atoms with Gasteiger partial charge in [-0.25, -0.2) is 0 Å². The van der Waals surface area contributed by atoms with Crippen LogP contribution in [-0.2, 0) is 28.6 Å². The van der Waals surface area contributed by atoms with Gasteiger partial charge >= 0.3 is 17.9 Å². The Morgan fingerprint density at radius 3 is 0.625 bits per heavy atom. The maximum Gasteiger partial charge on any atom is 0.306 e. The van der Waals surface area contributed by atoms with Crippen LogP contribution in [0, 0.1) is 0 Å². The predicted octanol–water partition coefficient (Wildman–Crippen LogP) is 25.2. The average molecular weight is 1130 g/mol. The van der Waals surface area contributed by atoms with Crippen LogP contribution in [-0.4, -0.2) is 37.2 Å². The molecule has 1 atom stereocenters. The van der Waals surface area contributed by atoms with Crippen LogP contribution in [0.5, 0.6) is 0 Å². The Morgan fingerprint density at radius 1 is 0.237 bits per heavy atom. The summed E-state index contributed by atoms with van der Waals surface area (Å²) in [5.41, 5.74) is 0. The van der Waals surface area contributed by atoms with E-state index in [1.165, 1.54) is 327 Å². The number of ether oxygens (including phenoxy) is 3. The van der Waals surface area contributed by atoms with Crippen LogP contribution in [0.15, 0.2) is 12.2 Å². The van der Waals surface area contributed by atoms with Gasteiger partial charge in [-0.3, -0.25) is 14.4 Å². The molecule has 1 unspecified atom stereocenters. The van der Waals surface area contributed by atoms with Crippen molar-refractivity contribution in [1.29, 1.82) is 0 Å². The second-order valence-electron chi connectivity index (χ2n) is 25.2. The summed E-state index contributed by atoms with van der Waals surface area (Å²) in [4.78, 5) is 38.2. The van der Waals surface area contributed by atoms with Gasteiger partial charge in [0.05, 0.1) is 0 Å². The van der Waals surface area contributed by atoms with E-state index in [-0.39, 0.29) is 31.1 Å². The zero-order chi connectivity index (χ0) is 57.8. The molecule has 0 spiro atoms. The van der Waals surface area contributed by atoms with Crippen LogP contribution in [0.4, 0.5) is 0 Å². The van der Waals surface area contributed by atoms with Crippen LogP contribution in [0.2, 0.25) is 0 Å². The maximum atomic E-state index is 12.9. The summed E-state index contributed by atoms with van der Waals surface area (Å²) in [5, 5.41) is 0. The van der Waals surface area contributed by atoms with Crippen LogP contribution >= 0.6 is 0 Å². The van der Waals surface area contributed by atoms with Crippen molar-refractivity contribution in [2.24, 2.45) is 0 Å². The topological polar surface area (TPSA) is 78.9 Å². The van der Waals surface area contributed by atoms with Crippen molar-refractivity contribution in [2.45, 2.75) is 431 Å². The van der Waals surface area contributed by atoms with Gasteiger partial charge in [0.1, 0.15) is 13.2 Å². The Hall–Kier alpha value is -1.85. The molecule has 0 aromatic rings. The molecule has 0 rings (SSSR count). The second kappa shape index (κ2) is 69.6. The van der Waals surface area contributed by atoms with Crippen molar-refractivity contribution in [1.82, 2.24) is 0 Å². The highest BCUT2D eigenvalue weighted by atomic mass is 16.6. The third-order valence-corrected chi connectivity index (χ3v) is 17.0. The number of unbranched alkanes of at least 4 members (excludes halogenated alkanes) is 56. The van der Waals surface area contributed by atoms with Crippen molar-refractivity contribution in [3.8, 4) is 0 Å². The molecule has 0 fully saturated rings. The molecule has 0 heterocycles. The zero-order valence-corrected chi connectivity index (χ0v) is 54.6. The van der Waals surface area contributed by atoms with E-state index in [0.717, 1.165) is 57.8 Å². The lowest BCUT2D eigenvalue weighted by Gasteiger charge is -2.18. The van der Waals surface area contributed by atoms with Crippen molar-refractivity contribution in [3.63, 3.8) is 0 Å². The molecule has 6 heteroatoms. The third kappa shape index (κ3) is 66.9. The lowest BCUT2D eigenvalue weighted by molar-refractivity contribution is -0.167. The number of hydrogen-bond acceptors (Lipinski definition) is 6. The first kappa shape index (κ1) is 78.1. The van der Waals surface area contributed by atoms with Gasteiger partial charge < -0.3 is 14.2 Å². The predicted molar refractivity (Wildman–Crippen MR) is 349 cm³/mol. The van der Waals surface area contributed by atoms with Gasteiger partial charge in [-0.15, -0.1) is 0 Å². The van der Waals surface area contributed by atoms with Gasteiger partial charge in [0, 0.05) is 19.3 Å². The Kier molecular flexibility index (Phi) is 68.0. The Morgan fingerprint density at radius 2 is 0.412 bits per heavy atom. The van der Waals surface area contributed by atoms with Crippen LogP contribution in [0.3, 0.4) is 0 Å². The molecular formula is C74H142O6. The minimum Gasteiger partial charge on any atom is -0.462 e. The SMILES string of the molecule is CCCCCCCCCC/C=C\CCCCCCCCCCCCCCCCCCCCCCCC(=O)OCC(COC(=O)CCCCCCCCC)OC(=O)CCCCCCCCCCCCCCCCCCCCCCCC. The molecule has 0 bridgehead atoms. The molecule has 0 amide bonds. The lowest BCUT2D eigenvalue weighted by Crippen LogP contribution is -2.30. The van der Waals surface area contributed by atoms with Crippen molar-refractivity contribution >= 4 is 17.9 Å². The van der Waals surface area contributed by atoms with Gasteiger partial charge in [0.25, 0.3) is 0 Å². The fourth-order valence-electron chi connectivity index (χ4n) is 11.5. The molecule has 0 saturated heterocycles. The van der Waals surface area contributed by atoms with Gasteiger partial charge in [-0.05, 0) is 44.9 Å². The number of esters is 3. The van der Waals surface area contributed by atoms with Crippen molar-refractivity contribution in [3.05, 3.63) is 12.2 Å². The standard InChI is InChI=1S/C74H142O6/c1-4-7-10-13-16-18-20-22-24-26-28-30-32-33-34-35-36-37-38-39-40-41-42-44-45-47-49-51-53-55-58-61-64-67-73(76)79-70-71(69-78-72(75)66-63-60-57-15-12-9-6-3)80-74(77)68-65-62-59-56-54-52-50-48-46-43-31-29-27-25-23-21-19-17-14-11-8-5-2/h26,28,71H,4-25,27,29-70H2,1-3H3/b28-26-. The smallest absolute Gasteiger partial charge is 0.306 e. The van der Waals surface area contributed by atoms with E-state index in [4.69, 9.17) is 14.2 Å². The van der Waals surface area contributed by atoms with Gasteiger partial charge in [-0.1, -0.05) is 373 Å². The molecule has 0 aromatic carbocycles. The first-order chi connectivity index (χ1) is 39.5. The second-order valence-corrected chi connectivity index (χ2v) is 25.2. The van der Waals surface area contributed by atoms with Gasteiger partial charge in [-0.2, -0.15) is 0 Å². The number of hydrogen-bond donors (Lipinski definition) is 0. The van der Waals surface area contributed by atoms with E-state index >= 15 is 0 Å². The van der Waals surface area contributed by atoms with E-state index < -0.39 is 6.10 Å². The van der Waals surface area contributed by atoms with E-state index in [9.17, 15) is 14.4 Å². The summed E-state index contributed by atoms with van der Waals surface area (Å²) >= 11 is 0. The molecule has 0 aliphatic rings. The summed E-state index contributed by atoms with van der Waals surface area (Å²) in [6, 6.07) is 0. The van der Waals surface area contributed by atoms with E-state index in [0.29, 0.717) is 19.3 Å². The lowest BCUT2D eigenvalue weighted by atomic mass is 10.0. The summed E-state index contributed by atoms with van der Waals surface area (Å²) in [7, 11) is 0. The largest absolute Gasteiger partial charge is 0.462 e. The Labute approximate surface area is 501 Å². The number of carbonyl (C=O) groups is 3. The summed E-state index contributed by atoms with van der Waals surface area (Å²) in [5.74, 6) is -0.835. The van der Waals surface area contributed by atoms with Gasteiger partial charge in [0.15, 0.2) is 6.10 Å². The summed E-state index contributed by atoms with van der Waals surface area (Å²) in [6.45, 7) is 6.68. The molecule has 0 saturated carbocycles. The first-order valence-corrected chi connectivity index (χ1v) is 36.7. The molecule has 0 aromatic heterocycles. The summed E-state index contributed by atoms with van der Waals surface area (Å²) < 4.78 is 16.9. The minimum atomic E-state index is -0.763. The van der Waals surface area contributed by atoms with Gasteiger partial charge in [0.2, 0.25) is 0 Å². The highest BCUT2D eigenvalue weighted by Crippen LogP contribution is 2.19. The van der Waals surface area contributed by atoms with E-state index in [1.807, 2.05) is 0 Å². The number of allylic oxidation sites excluding steroid dienone is 2. The van der Waals surface area contributed by atoms with Crippen LogP contribution in [0.25, 0.3) is 0 Å². The van der Waals surface area contributed by atoms with E-state index in [1.54, 1.807) is 0 Å². The first-order valence-electron chi connectivity index (χ1n) is 36.7. The zero-order valence-electron chi connectivity index (χ0n) is 54.6. The molecule has 6 nitrogen and oxygen atoms in total. The highest BCUT2D eigenvalue weighted by Gasteiger charge is 2.20. The number of rotatable bonds is 69. The Balaban J connectivity index is 3.94. The minimum absolute atomic E-state index is 0.0625. The fourth-order valence-corrected chi connectivity index (χ4v) is 11.5. The van der Waals surface area contributed by atoms with Crippen molar-refractivity contribution < 1.29 is 28.6 Å². The van der Waals surface area contributed by atoms with E-state index in [2.05, 4.69) is 32.9 Å². The van der Waals surface area contributed by atoms with Crippen LogP contribution in [0.1, 0.15) is 425 Å². The Bertz CT molecular complexity index is 1250. The number of carbonyl (C=O) groups excluding carboxylic acids is 3. The molecule has 0 aliphatic carbocycles. The fraction of sp³-hybridized carbons (Fsp3) is 0.932. The van der Waals surface area contributed by atoms with Crippen LogP contribution < -0.4 is 0 Å². The normalized spacial score (nSPS) is 12.0. The third-order valence-electron chi connectivity index (χ3n) is 17.0. The molecule has 474 valence electrons. The quantitative estimate of drug-likeness (QED) is 0.0261. The maximum absolute atomic E-state index is 12.9. The molecule has 0 aliphatic heterocycles. The van der Waals surface area contributed by atoms with Crippen molar-refractivity contribution in [2.75, 3.05) is 13.2 Å². The monoisotopic (exact) mass is 1130 g/mol. The molecule has 0 N–H and O–H groups in total. The molecule has 80 heavy (non-hydrogen) atoms. The molecule has 0 radical (unpaired) electrons. The highest BCUT2D eigenvalue weighted by molar-refractivity contribution is 5.71. The average Bonchev–Trinajstić information content (AvgIpc) is 3.46.